The number of hydrazine groups is 1. The lowest BCUT2D eigenvalue weighted by Crippen LogP contribution is -2.59. The second-order valence-electron chi connectivity index (χ2n) is 9.34. The van der Waals surface area contributed by atoms with Gasteiger partial charge in [-0.25, -0.2) is 14.5 Å². The Balaban J connectivity index is 1.37. The topological polar surface area (TPSA) is 127 Å². The third-order valence-corrected chi connectivity index (χ3v) is 6.63. The van der Waals surface area contributed by atoms with Crippen molar-refractivity contribution in [3.63, 3.8) is 0 Å². The molecule has 6 rings (SSSR count). The van der Waals surface area contributed by atoms with Gasteiger partial charge in [-0.3, -0.25) is 14.3 Å². The number of benzene rings is 2. The van der Waals surface area contributed by atoms with Gasteiger partial charge in [0.15, 0.2) is 11.5 Å². The molecule has 0 fully saturated rings. The molecule has 5 aromatic rings. The van der Waals surface area contributed by atoms with E-state index in [1.165, 1.54) is 4.52 Å². The highest BCUT2D eigenvalue weighted by atomic mass is 16.2. The van der Waals surface area contributed by atoms with E-state index in [0.717, 1.165) is 11.1 Å². The zero-order chi connectivity index (χ0) is 27.8. The van der Waals surface area contributed by atoms with Crippen LogP contribution in [0.25, 0.3) is 5.65 Å². The molecule has 4 heterocycles. The highest BCUT2D eigenvalue weighted by molar-refractivity contribution is 6.09. The molecule has 11 nitrogen and oxygen atoms in total. The summed E-state index contributed by atoms with van der Waals surface area (Å²) in [6.45, 7) is 2.16. The number of rotatable bonds is 4. The van der Waals surface area contributed by atoms with Crippen LogP contribution in [0, 0.1) is 11.8 Å². The Bertz CT molecular complexity index is 1810. The smallest absolute Gasteiger partial charge is 0.274 e. The number of hydrogen-bond donors (Lipinski definition) is 2. The molecule has 0 saturated carbocycles. The van der Waals surface area contributed by atoms with Crippen LogP contribution >= 0.6 is 0 Å². The first kappa shape index (κ1) is 24.8. The number of nitrogens with one attached hydrogen (secondary N) is 1. The first-order valence-electron chi connectivity index (χ1n) is 12.6. The van der Waals surface area contributed by atoms with Crippen molar-refractivity contribution in [1.29, 1.82) is 0 Å². The van der Waals surface area contributed by atoms with Gasteiger partial charge in [0, 0.05) is 37.7 Å². The molecule has 0 saturated heterocycles. The van der Waals surface area contributed by atoms with E-state index in [9.17, 15) is 9.59 Å². The van der Waals surface area contributed by atoms with E-state index < -0.39 is 12.1 Å². The molecule has 0 bridgehead atoms. The van der Waals surface area contributed by atoms with E-state index in [2.05, 4.69) is 32.3 Å². The van der Waals surface area contributed by atoms with E-state index in [1.54, 1.807) is 34.3 Å². The van der Waals surface area contributed by atoms with Gasteiger partial charge in [-0.05, 0) is 36.8 Å². The zero-order valence-corrected chi connectivity index (χ0v) is 21.8. The summed E-state index contributed by atoms with van der Waals surface area (Å²) in [7, 11) is 1.83. The molecule has 3 N–H and O–H groups in total. The Morgan fingerprint density at radius 3 is 2.70 bits per heavy atom. The fourth-order valence-electron chi connectivity index (χ4n) is 4.78. The van der Waals surface area contributed by atoms with Gasteiger partial charge < -0.3 is 11.1 Å². The molecule has 0 radical (unpaired) electrons. The molecule has 1 aliphatic heterocycles. The Kier molecular flexibility index (Phi) is 6.22. The monoisotopic (exact) mass is 531 g/mol. The minimum Gasteiger partial charge on any atom is -0.381 e. The van der Waals surface area contributed by atoms with E-state index in [1.807, 2.05) is 73.7 Å². The van der Waals surface area contributed by atoms with Crippen LogP contribution < -0.4 is 16.1 Å². The third kappa shape index (κ3) is 4.42. The van der Waals surface area contributed by atoms with E-state index in [-0.39, 0.29) is 17.3 Å². The Morgan fingerprint density at radius 2 is 1.93 bits per heavy atom. The number of nitrogens with zero attached hydrogens (tertiary/aromatic N) is 7. The fourth-order valence-corrected chi connectivity index (χ4v) is 4.78. The average Bonchev–Trinajstić information content (AvgIpc) is 3.53. The Hall–Kier alpha value is -5.47. The van der Waals surface area contributed by atoms with Gasteiger partial charge in [0.2, 0.25) is 0 Å². The van der Waals surface area contributed by atoms with Crippen LogP contribution in [0.15, 0.2) is 79.4 Å². The number of anilines is 2. The van der Waals surface area contributed by atoms with Crippen molar-refractivity contribution < 1.29 is 9.59 Å². The van der Waals surface area contributed by atoms with Gasteiger partial charge in [-0.2, -0.15) is 10.1 Å². The van der Waals surface area contributed by atoms with Crippen molar-refractivity contribution >= 4 is 29.0 Å². The van der Waals surface area contributed by atoms with Gasteiger partial charge in [-0.1, -0.05) is 42.2 Å². The van der Waals surface area contributed by atoms with Crippen LogP contribution in [-0.4, -0.2) is 47.4 Å². The predicted octanol–water partition coefficient (Wildman–Crippen LogP) is 2.60. The summed E-state index contributed by atoms with van der Waals surface area (Å²) in [5.41, 5.74) is 9.95. The van der Waals surface area contributed by atoms with Crippen LogP contribution in [0.1, 0.15) is 44.3 Å². The van der Waals surface area contributed by atoms with Crippen LogP contribution in [0.2, 0.25) is 0 Å². The van der Waals surface area contributed by atoms with Crippen molar-refractivity contribution in [3.05, 3.63) is 107 Å². The lowest BCUT2D eigenvalue weighted by molar-refractivity contribution is 0.0697. The van der Waals surface area contributed by atoms with Crippen LogP contribution in [0.4, 0.5) is 11.5 Å². The van der Waals surface area contributed by atoms with Gasteiger partial charge in [-0.15, -0.1) is 5.10 Å². The van der Waals surface area contributed by atoms with Crippen molar-refractivity contribution in [2.45, 2.75) is 19.6 Å². The first-order chi connectivity index (χ1) is 19.4. The molecule has 11 heteroatoms. The number of carbonyl (C=O) groups is 2. The molecule has 2 amide bonds. The van der Waals surface area contributed by atoms with Crippen molar-refractivity contribution in [3.8, 4) is 11.8 Å². The average molecular weight is 532 g/mol. The number of carbonyl (C=O) groups excluding carboxylic acids is 2. The molecular weight excluding hydrogens is 506 g/mol. The molecule has 198 valence electrons. The second-order valence-corrected chi connectivity index (χ2v) is 9.34. The summed E-state index contributed by atoms with van der Waals surface area (Å²) >= 11 is 0. The number of nitrogens with two attached hydrogens (primary N) is 1. The quantitative estimate of drug-likeness (QED) is 0.341. The maximum Gasteiger partial charge on any atom is 0.274 e. The van der Waals surface area contributed by atoms with Crippen LogP contribution in [0.3, 0.4) is 0 Å². The van der Waals surface area contributed by atoms with Gasteiger partial charge in [0.1, 0.15) is 5.56 Å². The summed E-state index contributed by atoms with van der Waals surface area (Å²) in [6.07, 6.45) is 6.14. The van der Waals surface area contributed by atoms with E-state index >= 15 is 0 Å². The maximum absolute atomic E-state index is 14.2. The maximum atomic E-state index is 14.2. The number of amides is 2. The number of hydrogen-bond acceptors (Lipinski definition) is 7. The molecule has 1 atom stereocenters. The van der Waals surface area contributed by atoms with Gasteiger partial charge >= 0.3 is 0 Å². The number of aromatic nitrogens is 5. The lowest BCUT2D eigenvalue weighted by atomic mass is 9.97. The summed E-state index contributed by atoms with van der Waals surface area (Å²) in [6, 6.07) is 16.6. The molecule has 3 aromatic heterocycles. The predicted molar refractivity (Wildman–Crippen MR) is 149 cm³/mol. The summed E-state index contributed by atoms with van der Waals surface area (Å²) in [5.74, 6) is 5.63. The van der Waals surface area contributed by atoms with Gasteiger partial charge in [0.05, 0.1) is 29.2 Å². The molecule has 0 spiro atoms. The lowest BCUT2D eigenvalue weighted by Gasteiger charge is -2.42. The third-order valence-electron chi connectivity index (χ3n) is 6.63. The van der Waals surface area contributed by atoms with Crippen molar-refractivity contribution in [2.75, 3.05) is 10.7 Å². The summed E-state index contributed by atoms with van der Waals surface area (Å²) in [4.78, 5) is 31.8. The molecule has 1 aliphatic rings. The zero-order valence-electron chi connectivity index (χ0n) is 21.8. The minimum absolute atomic E-state index is 0.0696. The normalized spacial score (nSPS) is 13.9. The summed E-state index contributed by atoms with van der Waals surface area (Å²) < 4.78 is 3.14. The highest BCUT2D eigenvalue weighted by Gasteiger charge is 2.37. The SMILES string of the molecule is C[C@@H](NC(=O)c1c(N)nn2cccnc12)N1Cc2cccc(C#Cc3cnn(C)c3)c2C(=O)N1c1ccccc1. The first-order valence-corrected chi connectivity index (χ1v) is 12.6. The number of aryl methyl sites for hydroxylation is 1. The number of fused-ring (bicyclic) bond motifs is 2. The second kappa shape index (κ2) is 10.0. The minimum atomic E-state index is -0.604. The molecule has 40 heavy (non-hydrogen) atoms. The number of nitrogen functional groups attached to an aromatic ring is 1. The summed E-state index contributed by atoms with van der Waals surface area (Å²) in [5, 5.41) is 14.7. The van der Waals surface area contributed by atoms with Crippen LogP contribution in [-0.2, 0) is 13.6 Å². The largest absolute Gasteiger partial charge is 0.381 e. The van der Waals surface area contributed by atoms with E-state index in [4.69, 9.17) is 5.73 Å². The number of para-hydroxylation sites is 1. The fraction of sp³-hybridized carbons (Fsp3) is 0.138. The molecule has 2 aromatic carbocycles. The Labute approximate surface area is 229 Å². The molecular formula is C29H25N9O2. The van der Waals surface area contributed by atoms with E-state index in [0.29, 0.717) is 29.0 Å². The highest BCUT2D eigenvalue weighted by Crippen LogP contribution is 2.31. The molecule has 0 aliphatic carbocycles. The van der Waals surface area contributed by atoms with Crippen molar-refractivity contribution in [1.82, 2.24) is 34.7 Å². The Morgan fingerprint density at radius 1 is 1.10 bits per heavy atom. The standard InChI is InChI=1S/C29H25N9O2/c1-19(33-28(39)25-26(30)34-36-15-7-14-31-27(25)36)37-18-22-9-6-8-21(13-12-20-16-32-35(2)17-20)24(22)29(40)38(37)23-10-4-3-5-11-23/h3-11,14-17,19H,18H2,1-2H3,(H2,30,34)(H,33,39)/t19-/m0/s1. The van der Waals surface area contributed by atoms with Crippen LogP contribution in [0.5, 0.6) is 0 Å². The van der Waals surface area contributed by atoms with Crippen molar-refractivity contribution in [2.24, 2.45) is 7.05 Å². The molecule has 0 unspecified atom stereocenters. The van der Waals surface area contributed by atoms with Gasteiger partial charge in [0.25, 0.3) is 11.8 Å².